The Labute approximate surface area is 194 Å². The second-order valence-corrected chi connectivity index (χ2v) is 16.4. The number of methoxy groups -OCH3 is 1. The van der Waals surface area contributed by atoms with Crippen LogP contribution in [-0.2, 0) is 28.7 Å². The number of aryl methyl sites for hydroxylation is 1. The molecule has 8 nitrogen and oxygen atoms in total. The van der Waals surface area contributed by atoms with E-state index in [1.165, 1.54) is 4.31 Å². The van der Waals surface area contributed by atoms with E-state index in [2.05, 4.69) is 33.9 Å². The molecule has 0 radical (unpaired) electrons. The number of benzene rings is 1. The van der Waals surface area contributed by atoms with Crippen LogP contribution in [0.1, 0.15) is 26.3 Å². The maximum Gasteiger partial charge on any atom is 0.243 e. The van der Waals surface area contributed by atoms with Gasteiger partial charge in [0.1, 0.15) is 12.9 Å². The number of ether oxygens (including phenoxy) is 3. The molecule has 0 spiro atoms. The lowest BCUT2D eigenvalue weighted by atomic mass is 10.1. The van der Waals surface area contributed by atoms with E-state index in [9.17, 15) is 13.5 Å². The summed E-state index contributed by atoms with van der Waals surface area (Å²) >= 11 is 0. The summed E-state index contributed by atoms with van der Waals surface area (Å²) in [5.41, 5.74) is 0.970. The van der Waals surface area contributed by atoms with Crippen molar-refractivity contribution in [1.82, 2.24) is 4.31 Å². The summed E-state index contributed by atoms with van der Waals surface area (Å²) in [5.74, 6) is 0. The third kappa shape index (κ3) is 6.38. The van der Waals surface area contributed by atoms with E-state index in [0.29, 0.717) is 13.2 Å². The molecule has 1 aromatic carbocycles. The highest BCUT2D eigenvalue weighted by molar-refractivity contribution is 7.89. The normalized spacial score (nSPS) is 23.1. The lowest BCUT2D eigenvalue weighted by Gasteiger charge is -2.39. The molecule has 184 valence electrons. The minimum Gasteiger partial charge on any atom is -0.410 e. The molecule has 3 atom stereocenters. The van der Waals surface area contributed by atoms with Crippen LogP contribution in [0.2, 0.25) is 18.1 Å². The minimum absolute atomic E-state index is 0.0414. The number of aliphatic hydroxyl groups excluding tert-OH is 1. The SMILES string of the molecule is COCCOCO[C@@H]1[C@@H](CO)N(S(=O)(=O)c2ccc(C)cc2)C[C@H]1O[Si](C)(C)C(C)(C)C. The van der Waals surface area contributed by atoms with Gasteiger partial charge >= 0.3 is 0 Å². The van der Waals surface area contributed by atoms with Crippen LogP contribution in [-0.4, -0.2) is 84.7 Å². The molecule has 0 amide bonds. The van der Waals surface area contributed by atoms with Crippen LogP contribution in [0.25, 0.3) is 0 Å². The van der Waals surface area contributed by atoms with Gasteiger partial charge in [0, 0.05) is 13.7 Å². The van der Waals surface area contributed by atoms with Gasteiger partial charge in [-0.1, -0.05) is 38.5 Å². The first-order valence-corrected chi connectivity index (χ1v) is 15.3. The van der Waals surface area contributed by atoms with E-state index in [-0.39, 0.29) is 29.9 Å². The maximum atomic E-state index is 13.5. The first kappa shape index (κ1) is 27.4. The smallest absolute Gasteiger partial charge is 0.243 e. The quantitative estimate of drug-likeness (QED) is 0.290. The molecule has 0 unspecified atom stereocenters. The van der Waals surface area contributed by atoms with Crippen molar-refractivity contribution in [2.75, 3.05) is 40.3 Å². The van der Waals surface area contributed by atoms with Gasteiger partial charge in [-0.05, 0) is 37.2 Å². The van der Waals surface area contributed by atoms with Crippen molar-refractivity contribution in [3.05, 3.63) is 29.8 Å². The number of aliphatic hydroxyl groups is 1. The molecule has 0 saturated carbocycles. The molecule has 0 aliphatic carbocycles. The van der Waals surface area contributed by atoms with E-state index in [0.717, 1.165) is 5.56 Å². The van der Waals surface area contributed by atoms with Gasteiger partial charge in [-0.15, -0.1) is 0 Å². The Morgan fingerprint density at radius 2 is 1.78 bits per heavy atom. The summed E-state index contributed by atoms with van der Waals surface area (Å²) in [5, 5.41) is 10.1. The van der Waals surface area contributed by atoms with Crippen molar-refractivity contribution in [2.45, 2.75) is 69.0 Å². The average molecular weight is 490 g/mol. The predicted molar refractivity (Wildman–Crippen MR) is 126 cm³/mol. The average Bonchev–Trinajstić information content (AvgIpc) is 3.04. The number of sulfonamides is 1. The summed E-state index contributed by atoms with van der Waals surface area (Å²) in [7, 11) is -4.50. The van der Waals surface area contributed by atoms with Crippen LogP contribution < -0.4 is 0 Å². The Bertz CT molecular complexity index is 824. The van der Waals surface area contributed by atoms with Gasteiger partial charge in [0.15, 0.2) is 8.32 Å². The van der Waals surface area contributed by atoms with Crippen molar-refractivity contribution in [1.29, 1.82) is 0 Å². The van der Waals surface area contributed by atoms with Crippen LogP contribution in [0.4, 0.5) is 0 Å². The van der Waals surface area contributed by atoms with Gasteiger partial charge in [0.2, 0.25) is 10.0 Å². The third-order valence-electron chi connectivity index (χ3n) is 6.32. The lowest BCUT2D eigenvalue weighted by Crippen LogP contribution is -2.48. The summed E-state index contributed by atoms with van der Waals surface area (Å²) in [4.78, 5) is 0.185. The van der Waals surface area contributed by atoms with Gasteiger partial charge in [0.05, 0.1) is 36.9 Å². The van der Waals surface area contributed by atoms with Crippen LogP contribution >= 0.6 is 0 Å². The third-order valence-corrected chi connectivity index (χ3v) is 12.7. The molecule has 1 saturated heterocycles. The highest BCUT2D eigenvalue weighted by Gasteiger charge is 2.51. The molecule has 1 aromatic rings. The van der Waals surface area contributed by atoms with Crippen LogP contribution in [0.15, 0.2) is 29.2 Å². The first-order chi connectivity index (χ1) is 14.8. The molecule has 10 heteroatoms. The van der Waals surface area contributed by atoms with Gasteiger partial charge in [-0.25, -0.2) is 8.42 Å². The second-order valence-electron chi connectivity index (χ2n) is 9.70. The molecule has 1 aliphatic heterocycles. The largest absolute Gasteiger partial charge is 0.410 e. The summed E-state index contributed by atoms with van der Waals surface area (Å²) in [6.07, 6.45) is -1.17. The molecule has 1 N–H and O–H groups in total. The van der Waals surface area contributed by atoms with E-state index in [4.69, 9.17) is 18.6 Å². The molecule has 2 rings (SSSR count). The zero-order valence-electron chi connectivity index (χ0n) is 20.3. The zero-order valence-corrected chi connectivity index (χ0v) is 22.1. The Kier molecular flexibility index (Phi) is 9.46. The fourth-order valence-corrected chi connectivity index (χ4v) is 6.31. The molecule has 0 bridgehead atoms. The van der Waals surface area contributed by atoms with Crippen molar-refractivity contribution in [3.8, 4) is 0 Å². The molecule has 0 aromatic heterocycles. The van der Waals surface area contributed by atoms with Crippen molar-refractivity contribution in [2.24, 2.45) is 0 Å². The molecule has 1 fully saturated rings. The van der Waals surface area contributed by atoms with E-state index < -0.39 is 36.6 Å². The van der Waals surface area contributed by atoms with Crippen molar-refractivity contribution >= 4 is 18.3 Å². The van der Waals surface area contributed by atoms with Crippen molar-refractivity contribution in [3.63, 3.8) is 0 Å². The number of hydrogen-bond acceptors (Lipinski definition) is 7. The van der Waals surface area contributed by atoms with Crippen LogP contribution in [0.5, 0.6) is 0 Å². The Balaban J connectivity index is 2.32. The molecule has 1 aliphatic rings. The topological polar surface area (TPSA) is 94.5 Å². The van der Waals surface area contributed by atoms with Crippen LogP contribution in [0.3, 0.4) is 0 Å². The van der Waals surface area contributed by atoms with Crippen LogP contribution in [0, 0.1) is 6.92 Å². The standard InChI is InChI=1S/C22H39NO7SSi/c1-17-8-10-18(11-9-17)31(25,26)23-14-20(30-32(6,7)22(2,3)4)21(19(23)15-24)29-16-28-13-12-27-5/h8-11,19-21,24H,12-16H2,1-7H3/t19-,20-,21-/m1/s1. The Hall–Kier alpha value is -0.853. The fourth-order valence-electron chi connectivity index (χ4n) is 3.35. The fraction of sp³-hybridized carbons (Fsp3) is 0.727. The zero-order chi connectivity index (χ0) is 24.2. The highest BCUT2D eigenvalue weighted by Crippen LogP contribution is 2.40. The summed E-state index contributed by atoms with van der Waals surface area (Å²) in [6, 6.07) is 5.92. The van der Waals surface area contributed by atoms with Gasteiger partial charge in [0.25, 0.3) is 0 Å². The van der Waals surface area contributed by atoms with Crippen molar-refractivity contribution < 1.29 is 32.2 Å². The Morgan fingerprint density at radius 3 is 2.31 bits per heavy atom. The Morgan fingerprint density at radius 1 is 1.16 bits per heavy atom. The second kappa shape index (κ2) is 11.0. The summed E-state index contributed by atoms with van der Waals surface area (Å²) < 4.78 is 51.2. The van der Waals surface area contributed by atoms with E-state index in [1.54, 1.807) is 31.4 Å². The van der Waals surface area contributed by atoms with E-state index in [1.807, 2.05) is 6.92 Å². The number of hydrogen-bond donors (Lipinski definition) is 1. The van der Waals surface area contributed by atoms with Gasteiger partial charge in [-0.2, -0.15) is 4.31 Å². The van der Waals surface area contributed by atoms with Gasteiger partial charge < -0.3 is 23.7 Å². The summed E-state index contributed by atoms with van der Waals surface area (Å²) in [6.45, 7) is 13.0. The minimum atomic E-state index is -3.84. The lowest BCUT2D eigenvalue weighted by molar-refractivity contribution is -0.125. The number of nitrogens with zero attached hydrogens (tertiary/aromatic N) is 1. The highest BCUT2D eigenvalue weighted by atomic mass is 32.2. The molecule has 32 heavy (non-hydrogen) atoms. The monoisotopic (exact) mass is 489 g/mol. The van der Waals surface area contributed by atoms with E-state index >= 15 is 0 Å². The van der Waals surface area contributed by atoms with Gasteiger partial charge in [-0.3, -0.25) is 0 Å². The molecule has 1 heterocycles. The molecular weight excluding hydrogens is 450 g/mol. The maximum absolute atomic E-state index is 13.5. The molecular formula is C22H39NO7SSi. The first-order valence-electron chi connectivity index (χ1n) is 10.9. The number of rotatable bonds is 11. The predicted octanol–water partition coefficient (Wildman–Crippen LogP) is 2.76.